The first-order valence-corrected chi connectivity index (χ1v) is 8.30. The fraction of sp³-hybridized carbons (Fsp3) is 0.300. The van der Waals surface area contributed by atoms with Crippen LogP contribution in [0.2, 0.25) is 0 Å². The van der Waals surface area contributed by atoms with Gasteiger partial charge in [-0.1, -0.05) is 6.07 Å². The van der Waals surface area contributed by atoms with Gasteiger partial charge in [-0.3, -0.25) is 9.59 Å². The predicted octanol–water partition coefficient (Wildman–Crippen LogP) is 3.30. The van der Waals surface area contributed by atoms with Crippen LogP contribution in [0, 0.1) is 5.82 Å². The lowest BCUT2D eigenvalue weighted by Crippen LogP contribution is -2.31. The van der Waals surface area contributed by atoms with E-state index in [1.807, 2.05) is 0 Å². The molecule has 0 aromatic heterocycles. The van der Waals surface area contributed by atoms with Crippen molar-refractivity contribution in [2.45, 2.75) is 19.9 Å². The Morgan fingerprint density at radius 1 is 1.04 bits per heavy atom. The quantitative estimate of drug-likeness (QED) is 0.717. The zero-order valence-electron chi connectivity index (χ0n) is 15.7. The molecule has 0 saturated heterocycles. The monoisotopic (exact) mass is 375 g/mol. The Hall–Kier alpha value is -3.09. The fourth-order valence-corrected chi connectivity index (χ4v) is 2.47. The maximum atomic E-state index is 13.8. The normalized spacial score (nSPS) is 11.4. The van der Waals surface area contributed by atoms with Crippen molar-refractivity contribution < 1.29 is 28.2 Å². The van der Waals surface area contributed by atoms with E-state index in [2.05, 4.69) is 5.32 Å². The first-order valence-electron chi connectivity index (χ1n) is 8.30. The Morgan fingerprint density at radius 3 is 2.30 bits per heavy atom. The van der Waals surface area contributed by atoms with E-state index in [-0.39, 0.29) is 24.0 Å². The van der Waals surface area contributed by atoms with Crippen molar-refractivity contribution in [2.24, 2.45) is 0 Å². The van der Waals surface area contributed by atoms with Gasteiger partial charge >= 0.3 is 0 Å². The lowest BCUT2D eigenvalue weighted by Gasteiger charge is -2.16. The van der Waals surface area contributed by atoms with Crippen LogP contribution in [0.1, 0.15) is 35.8 Å². The number of hydrogen-bond acceptors (Lipinski definition) is 5. The summed E-state index contributed by atoms with van der Waals surface area (Å²) < 4.78 is 29.3. The van der Waals surface area contributed by atoms with Gasteiger partial charge in [-0.15, -0.1) is 0 Å². The number of ether oxygens (including phenoxy) is 3. The van der Waals surface area contributed by atoms with Gasteiger partial charge in [-0.25, -0.2) is 4.39 Å². The number of nitrogens with one attached hydrogen (secondary N) is 1. The number of halogens is 1. The molecule has 2 rings (SSSR count). The van der Waals surface area contributed by atoms with E-state index in [1.165, 1.54) is 33.3 Å². The van der Waals surface area contributed by atoms with Crippen LogP contribution in [0.5, 0.6) is 17.2 Å². The molecule has 0 fully saturated rings. The third kappa shape index (κ3) is 5.20. The molecule has 144 valence electrons. The van der Waals surface area contributed by atoms with Gasteiger partial charge in [0.1, 0.15) is 0 Å². The molecule has 2 aromatic rings. The van der Waals surface area contributed by atoms with Crippen molar-refractivity contribution in [2.75, 3.05) is 20.8 Å². The molecule has 1 amide bonds. The Morgan fingerprint density at radius 2 is 1.70 bits per heavy atom. The average molecular weight is 375 g/mol. The molecule has 0 spiro atoms. The van der Waals surface area contributed by atoms with Crippen molar-refractivity contribution in [3.8, 4) is 17.2 Å². The minimum absolute atomic E-state index is 0.0989. The molecule has 0 aliphatic rings. The topological polar surface area (TPSA) is 73.9 Å². The minimum Gasteiger partial charge on any atom is -0.494 e. The van der Waals surface area contributed by atoms with E-state index in [1.54, 1.807) is 31.2 Å². The highest BCUT2D eigenvalue weighted by atomic mass is 19.1. The van der Waals surface area contributed by atoms with Gasteiger partial charge in [0.05, 0.1) is 20.3 Å². The molecule has 0 radical (unpaired) electrons. The fourth-order valence-electron chi connectivity index (χ4n) is 2.47. The summed E-state index contributed by atoms with van der Waals surface area (Å²) in [4.78, 5) is 23.5. The van der Waals surface area contributed by atoms with Gasteiger partial charge in [0.2, 0.25) is 0 Å². The van der Waals surface area contributed by atoms with Crippen LogP contribution in [-0.4, -0.2) is 32.5 Å². The van der Waals surface area contributed by atoms with E-state index in [0.717, 1.165) is 0 Å². The van der Waals surface area contributed by atoms with E-state index >= 15 is 0 Å². The molecule has 0 bridgehead atoms. The Balaban J connectivity index is 1.98. The average Bonchev–Trinajstić information content (AvgIpc) is 2.65. The molecule has 2 aromatic carbocycles. The molecule has 27 heavy (non-hydrogen) atoms. The molecule has 0 aliphatic carbocycles. The Labute approximate surface area is 157 Å². The number of rotatable bonds is 8. The second-order valence-corrected chi connectivity index (χ2v) is 5.89. The number of hydrogen-bond donors (Lipinski definition) is 1. The van der Waals surface area contributed by atoms with Crippen LogP contribution in [0.25, 0.3) is 0 Å². The van der Waals surface area contributed by atoms with Gasteiger partial charge < -0.3 is 19.5 Å². The molecule has 0 aliphatic heterocycles. The highest BCUT2D eigenvalue weighted by Crippen LogP contribution is 2.28. The van der Waals surface area contributed by atoms with Crippen LogP contribution in [0.3, 0.4) is 0 Å². The smallest absolute Gasteiger partial charge is 0.258 e. The highest BCUT2D eigenvalue weighted by molar-refractivity contribution is 5.94. The van der Waals surface area contributed by atoms with Crippen LogP contribution < -0.4 is 19.5 Å². The summed E-state index contributed by atoms with van der Waals surface area (Å²) in [5.74, 6) is -0.125. The Kier molecular flexibility index (Phi) is 6.76. The van der Waals surface area contributed by atoms with Crippen molar-refractivity contribution in [1.29, 1.82) is 0 Å². The number of Topliss-reactive ketones (excluding diaryl/α,β-unsaturated/α-hetero) is 1. The lowest BCUT2D eigenvalue weighted by molar-refractivity contribution is -0.123. The lowest BCUT2D eigenvalue weighted by atomic mass is 10.1. The zero-order chi connectivity index (χ0) is 20.0. The molecule has 1 unspecified atom stereocenters. The van der Waals surface area contributed by atoms with Crippen LogP contribution >= 0.6 is 0 Å². The molecular weight excluding hydrogens is 353 g/mol. The number of carbonyl (C=O) groups excluding carboxylic acids is 2. The first kappa shape index (κ1) is 20.2. The van der Waals surface area contributed by atoms with Gasteiger partial charge in [-0.05, 0) is 49.7 Å². The van der Waals surface area contributed by atoms with Crippen molar-refractivity contribution >= 4 is 11.7 Å². The predicted molar refractivity (Wildman–Crippen MR) is 98.0 cm³/mol. The van der Waals surface area contributed by atoms with Gasteiger partial charge in [-0.2, -0.15) is 0 Å². The van der Waals surface area contributed by atoms with E-state index < -0.39 is 11.9 Å². The standard InChI is InChI=1S/C20H22FNO5/c1-12(14-5-7-17(25-3)16(21)9-14)22-20(24)11-27-18-8-6-15(13(2)23)10-19(18)26-4/h5-10,12H,11H2,1-4H3,(H,22,24). The largest absolute Gasteiger partial charge is 0.494 e. The van der Waals surface area contributed by atoms with Crippen molar-refractivity contribution in [3.63, 3.8) is 0 Å². The molecule has 1 atom stereocenters. The van der Waals surface area contributed by atoms with Crippen LogP contribution in [0.15, 0.2) is 36.4 Å². The van der Waals surface area contributed by atoms with E-state index in [9.17, 15) is 14.0 Å². The van der Waals surface area contributed by atoms with Gasteiger partial charge in [0.15, 0.2) is 35.5 Å². The molecular formula is C20H22FNO5. The molecule has 0 saturated carbocycles. The Bertz CT molecular complexity index is 837. The van der Waals surface area contributed by atoms with Crippen molar-refractivity contribution in [3.05, 3.63) is 53.3 Å². The SMILES string of the molecule is COc1ccc(C(C)NC(=O)COc2ccc(C(C)=O)cc2OC)cc1F. The summed E-state index contributed by atoms with van der Waals surface area (Å²) in [6.45, 7) is 2.94. The number of carbonyl (C=O) groups is 2. The summed E-state index contributed by atoms with van der Waals surface area (Å²) >= 11 is 0. The number of methoxy groups -OCH3 is 2. The summed E-state index contributed by atoms with van der Waals surface area (Å²) in [5.41, 5.74) is 1.09. The zero-order valence-corrected chi connectivity index (χ0v) is 15.7. The molecule has 6 nitrogen and oxygen atoms in total. The second kappa shape index (κ2) is 9.02. The summed E-state index contributed by atoms with van der Waals surface area (Å²) in [6, 6.07) is 8.81. The molecule has 1 N–H and O–H groups in total. The summed E-state index contributed by atoms with van der Waals surface area (Å²) in [6.07, 6.45) is 0. The van der Waals surface area contributed by atoms with Gasteiger partial charge in [0, 0.05) is 5.56 Å². The number of benzene rings is 2. The van der Waals surface area contributed by atoms with Crippen molar-refractivity contribution in [1.82, 2.24) is 5.32 Å². The third-order valence-corrected chi connectivity index (χ3v) is 3.98. The summed E-state index contributed by atoms with van der Waals surface area (Å²) in [7, 11) is 2.84. The van der Waals surface area contributed by atoms with Crippen LogP contribution in [0.4, 0.5) is 4.39 Å². The highest BCUT2D eigenvalue weighted by Gasteiger charge is 2.14. The minimum atomic E-state index is -0.498. The van der Waals surface area contributed by atoms with Crippen LogP contribution in [-0.2, 0) is 4.79 Å². The number of ketones is 1. The van der Waals surface area contributed by atoms with E-state index in [4.69, 9.17) is 14.2 Å². The summed E-state index contributed by atoms with van der Waals surface area (Å²) in [5, 5.41) is 2.73. The second-order valence-electron chi connectivity index (χ2n) is 5.89. The maximum absolute atomic E-state index is 13.8. The van der Waals surface area contributed by atoms with Gasteiger partial charge in [0.25, 0.3) is 5.91 Å². The third-order valence-electron chi connectivity index (χ3n) is 3.98. The number of amides is 1. The van der Waals surface area contributed by atoms with E-state index in [0.29, 0.717) is 22.6 Å². The molecule has 7 heteroatoms. The molecule has 0 heterocycles. The first-order chi connectivity index (χ1) is 12.8. The maximum Gasteiger partial charge on any atom is 0.258 e.